The summed E-state index contributed by atoms with van der Waals surface area (Å²) in [4.78, 5) is 0. The fraction of sp³-hybridized carbons (Fsp3) is 0.294. The SMILES string of the molecule is CNC(CCCc1ccc(F)c(Br)c1)c1ccccc1. The Hall–Kier alpha value is -1.19. The molecule has 1 nitrogen and oxygen atoms in total. The van der Waals surface area contributed by atoms with Crippen LogP contribution in [0.15, 0.2) is 53.0 Å². The molecule has 0 fully saturated rings. The van der Waals surface area contributed by atoms with Crippen molar-refractivity contribution in [2.75, 3.05) is 7.05 Å². The van der Waals surface area contributed by atoms with E-state index >= 15 is 0 Å². The Labute approximate surface area is 128 Å². The summed E-state index contributed by atoms with van der Waals surface area (Å²) in [6.07, 6.45) is 3.10. The van der Waals surface area contributed by atoms with Gasteiger partial charge in [0.25, 0.3) is 0 Å². The van der Waals surface area contributed by atoms with E-state index in [-0.39, 0.29) is 5.82 Å². The van der Waals surface area contributed by atoms with Crippen LogP contribution in [0.2, 0.25) is 0 Å². The third-order valence-electron chi connectivity index (χ3n) is 3.49. The Morgan fingerprint density at radius 1 is 1.15 bits per heavy atom. The standard InChI is InChI=1S/C17H19BrFN/c1-20-17(14-7-3-2-4-8-14)9-5-6-13-10-11-16(19)15(18)12-13/h2-4,7-8,10-12,17,20H,5-6,9H2,1H3. The molecule has 2 rings (SSSR count). The Morgan fingerprint density at radius 2 is 1.90 bits per heavy atom. The molecular formula is C17H19BrFN. The zero-order valence-electron chi connectivity index (χ0n) is 11.6. The molecule has 2 aromatic rings. The maximum atomic E-state index is 13.2. The summed E-state index contributed by atoms with van der Waals surface area (Å²) in [6.45, 7) is 0. The number of hydrogen-bond donors (Lipinski definition) is 1. The lowest BCUT2D eigenvalue weighted by Crippen LogP contribution is -2.16. The normalized spacial score (nSPS) is 12.3. The average molecular weight is 336 g/mol. The molecule has 0 bridgehead atoms. The number of aryl methyl sites for hydroxylation is 1. The lowest BCUT2D eigenvalue weighted by atomic mass is 9.99. The molecule has 0 radical (unpaired) electrons. The largest absolute Gasteiger partial charge is 0.313 e. The summed E-state index contributed by atoms with van der Waals surface area (Å²) in [7, 11) is 1.99. The number of benzene rings is 2. The lowest BCUT2D eigenvalue weighted by molar-refractivity contribution is 0.527. The first kappa shape index (κ1) is 15.2. The van der Waals surface area contributed by atoms with E-state index < -0.39 is 0 Å². The third-order valence-corrected chi connectivity index (χ3v) is 4.10. The van der Waals surface area contributed by atoms with Crippen LogP contribution in [0.5, 0.6) is 0 Å². The van der Waals surface area contributed by atoms with E-state index in [2.05, 4.69) is 45.5 Å². The van der Waals surface area contributed by atoms with Crippen LogP contribution in [0.4, 0.5) is 4.39 Å². The van der Waals surface area contributed by atoms with E-state index in [9.17, 15) is 4.39 Å². The van der Waals surface area contributed by atoms with Crippen molar-refractivity contribution in [3.8, 4) is 0 Å². The molecule has 0 saturated carbocycles. The second-order valence-corrected chi connectivity index (χ2v) is 5.75. The van der Waals surface area contributed by atoms with Crippen LogP contribution in [0.1, 0.15) is 30.0 Å². The van der Waals surface area contributed by atoms with Gasteiger partial charge in [-0.1, -0.05) is 36.4 Å². The summed E-state index contributed by atoms with van der Waals surface area (Å²) in [5.74, 6) is -0.203. The van der Waals surface area contributed by atoms with Gasteiger partial charge in [0.05, 0.1) is 4.47 Å². The van der Waals surface area contributed by atoms with Crippen molar-refractivity contribution >= 4 is 15.9 Å². The monoisotopic (exact) mass is 335 g/mol. The predicted molar refractivity (Wildman–Crippen MR) is 85.3 cm³/mol. The second-order valence-electron chi connectivity index (χ2n) is 4.89. The predicted octanol–water partition coefficient (Wildman–Crippen LogP) is 4.87. The lowest BCUT2D eigenvalue weighted by Gasteiger charge is -2.16. The van der Waals surface area contributed by atoms with Crippen LogP contribution in [0.25, 0.3) is 0 Å². The van der Waals surface area contributed by atoms with Gasteiger partial charge >= 0.3 is 0 Å². The smallest absolute Gasteiger partial charge is 0.137 e. The minimum absolute atomic E-state index is 0.203. The van der Waals surface area contributed by atoms with Gasteiger partial charge < -0.3 is 5.32 Å². The molecule has 2 aromatic carbocycles. The van der Waals surface area contributed by atoms with Crippen molar-refractivity contribution in [1.82, 2.24) is 5.32 Å². The minimum Gasteiger partial charge on any atom is -0.313 e. The van der Waals surface area contributed by atoms with Crippen molar-refractivity contribution in [2.24, 2.45) is 0 Å². The fourth-order valence-electron chi connectivity index (χ4n) is 2.37. The molecule has 0 aliphatic heterocycles. The molecule has 1 N–H and O–H groups in total. The first-order chi connectivity index (χ1) is 9.70. The summed E-state index contributed by atoms with van der Waals surface area (Å²) < 4.78 is 13.7. The van der Waals surface area contributed by atoms with Crippen LogP contribution in [-0.2, 0) is 6.42 Å². The Kier molecular flexibility index (Phi) is 5.74. The van der Waals surface area contributed by atoms with E-state index in [1.165, 1.54) is 17.2 Å². The molecule has 3 heteroatoms. The zero-order chi connectivity index (χ0) is 14.4. The molecule has 0 aliphatic rings. The topological polar surface area (TPSA) is 12.0 Å². The van der Waals surface area contributed by atoms with Gasteiger partial charge in [0.1, 0.15) is 5.82 Å². The Morgan fingerprint density at radius 3 is 2.55 bits per heavy atom. The minimum atomic E-state index is -0.203. The first-order valence-corrected chi connectivity index (χ1v) is 7.66. The van der Waals surface area contributed by atoms with Crippen molar-refractivity contribution in [1.29, 1.82) is 0 Å². The van der Waals surface area contributed by atoms with Crippen LogP contribution in [-0.4, -0.2) is 7.05 Å². The molecule has 1 atom stereocenters. The van der Waals surface area contributed by atoms with Crippen molar-refractivity contribution in [3.63, 3.8) is 0 Å². The van der Waals surface area contributed by atoms with Crippen LogP contribution in [0.3, 0.4) is 0 Å². The summed E-state index contributed by atoms with van der Waals surface area (Å²) in [5.41, 5.74) is 2.48. The van der Waals surface area contributed by atoms with E-state index in [4.69, 9.17) is 0 Å². The molecule has 0 spiro atoms. The van der Waals surface area contributed by atoms with Crippen molar-refractivity contribution in [2.45, 2.75) is 25.3 Å². The molecule has 0 amide bonds. The summed E-state index contributed by atoms with van der Waals surface area (Å²) >= 11 is 3.23. The number of nitrogens with one attached hydrogen (secondary N) is 1. The molecule has 20 heavy (non-hydrogen) atoms. The number of hydrogen-bond acceptors (Lipinski definition) is 1. The summed E-state index contributed by atoms with van der Waals surface area (Å²) in [6, 6.07) is 16.1. The second kappa shape index (κ2) is 7.55. The maximum Gasteiger partial charge on any atom is 0.137 e. The van der Waals surface area contributed by atoms with E-state index in [1.807, 2.05) is 25.2 Å². The van der Waals surface area contributed by atoms with Gasteiger partial charge in [-0.3, -0.25) is 0 Å². The van der Waals surface area contributed by atoms with E-state index in [0.29, 0.717) is 10.5 Å². The molecular weight excluding hydrogens is 317 g/mol. The van der Waals surface area contributed by atoms with Crippen LogP contribution >= 0.6 is 15.9 Å². The first-order valence-electron chi connectivity index (χ1n) is 6.87. The quantitative estimate of drug-likeness (QED) is 0.793. The van der Waals surface area contributed by atoms with Crippen molar-refractivity contribution < 1.29 is 4.39 Å². The van der Waals surface area contributed by atoms with Gasteiger partial charge in [-0.15, -0.1) is 0 Å². The van der Waals surface area contributed by atoms with Gasteiger partial charge in [0, 0.05) is 6.04 Å². The molecule has 0 aliphatic carbocycles. The van der Waals surface area contributed by atoms with Crippen molar-refractivity contribution in [3.05, 3.63) is 69.9 Å². The van der Waals surface area contributed by atoms with Crippen LogP contribution in [0, 0.1) is 5.82 Å². The molecule has 106 valence electrons. The highest BCUT2D eigenvalue weighted by molar-refractivity contribution is 9.10. The Bertz CT molecular complexity index is 542. The number of rotatable bonds is 6. The van der Waals surface area contributed by atoms with Gasteiger partial charge in [-0.2, -0.15) is 0 Å². The van der Waals surface area contributed by atoms with Crippen LogP contribution < -0.4 is 5.32 Å². The average Bonchev–Trinajstić information content (AvgIpc) is 2.48. The summed E-state index contributed by atoms with van der Waals surface area (Å²) in [5, 5.41) is 3.36. The molecule has 0 saturated heterocycles. The van der Waals surface area contributed by atoms with E-state index in [0.717, 1.165) is 19.3 Å². The van der Waals surface area contributed by atoms with Gasteiger partial charge in [-0.05, 0) is 65.5 Å². The Balaban J connectivity index is 1.89. The fourth-order valence-corrected chi connectivity index (χ4v) is 2.79. The maximum absolute atomic E-state index is 13.2. The molecule has 0 heterocycles. The van der Waals surface area contributed by atoms with E-state index in [1.54, 1.807) is 0 Å². The third kappa shape index (κ3) is 4.15. The highest BCUT2D eigenvalue weighted by Gasteiger charge is 2.08. The molecule has 0 aromatic heterocycles. The number of halogens is 2. The van der Waals surface area contributed by atoms with Gasteiger partial charge in [-0.25, -0.2) is 4.39 Å². The zero-order valence-corrected chi connectivity index (χ0v) is 13.2. The highest BCUT2D eigenvalue weighted by Crippen LogP contribution is 2.21. The van der Waals surface area contributed by atoms with Gasteiger partial charge in [0.15, 0.2) is 0 Å². The van der Waals surface area contributed by atoms with Gasteiger partial charge in [0.2, 0.25) is 0 Å². The highest BCUT2D eigenvalue weighted by atomic mass is 79.9. The molecule has 1 unspecified atom stereocenters.